The van der Waals surface area contributed by atoms with Gasteiger partial charge in [-0.25, -0.2) is 0 Å². The molecule has 2 aromatic rings. The largest absolute Gasteiger partial charge is 0.495 e. The van der Waals surface area contributed by atoms with Crippen molar-refractivity contribution in [2.75, 3.05) is 21.0 Å². The van der Waals surface area contributed by atoms with Gasteiger partial charge < -0.3 is 24.3 Å². The van der Waals surface area contributed by atoms with Gasteiger partial charge in [-0.15, -0.1) is 0 Å². The third-order valence-electron chi connectivity index (χ3n) is 3.60. The van der Waals surface area contributed by atoms with Crippen LogP contribution in [0.2, 0.25) is 0 Å². The predicted molar refractivity (Wildman–Crippen MR) is 91.0 cm³/mol. The molecule has 0 spiro atoms. The van der Waals surface area contributed by atoms with E-state index in [1.54, 1.807) is 12.1 Å². The smallest absolute Gasteiger partial charge is 0.251 e. The topological polar surface area (TPSA) is 66.0 Å². The number of fused-ring (bicyclic) bond motifs is 1. The number of hydrogen-bond donors (Lipinski definition) is 1. The van der Waals surface area contributed by atoms with Crippen molar-refractivity contribution in [3.8, 4) is 23.0 Å². The van der Waals surface area contributed by atoms with Crippen molar-refractivity contribution < 1.29 is 23.7 Å². The Labute approximate surface area is 147 Å². The van der Waals surface area contributed by atoms with E-state index < -0.39 is 0 Å². The Bertz CT molecular complexity index is 753. The minimum absolute atomic E-state index is 0.225. The molecule has 24 heavy (non-hydrogen) atoms. The number of benzene rings is 2. The fourth-order valence-corrected chi connectivity index (χ4v) is 2.89. The molecule has 0 atom stereocenters. The fraction of sp³-hybridized carbons (Fsp3) is 0.235. The van der Waals surface area contributed by atoms with Gasteiger partial charge in [-0.2, -0.15) is 0 Å². The van der Waals surface area contributed by atoms with Gasteiger partial charge in [-0.05, 0) is 45.8 Å². The molecular formula is C17H16BrNO5. The zero-order valence-corrected chi connectivity index (χ0v) is 14.8. The molecule has 1 N–H and O–H groups in total. The molecule has 0 radical (unpaired) electrons. The van der Waals surface area contributed by atoms with Gasteiger partial charge in [0.05, 0.1) is 14.2 Å². The SMILES string of the molecule is COc1cc(C(=O)NCc2ccc3c(c2)OCO3)cc(OC)c1Br. The third kappa shape index (κ3) is 3.26. The van der Waals surface area contributed by atoms with E-state index in [0.29, 0.717) is 39.6 Å². The third-order valence-corrected chi connectivity index (χ3v) is 4.38. The Morgan fingerprint density at radius 1 is 1.12 bits per heavy atom. The van der Waals surface area contributed by atoms with Gasteiger partial charge in [0.25, 0.3) is 5.91 Å². The first-order valence-corrected chi connectivity index (χ1v) is 8.00. The summed E-state index contributed by atoms with van der Waals surface area (Å²) in [7, 11) is 3.07. The Hall–Kier alpha value is -2.41. The van der Waals surface area contributed by atoms with Crippen LogP contribution in [0.15, 0.2) is 34.8 Å². The van der Waals surface area contributed by atoms with Crippen molar-refractivity contribution in [2.45, 2.75) is 6.54 Å². The molecule has 1 amide bonds. The normalized spacial score (nSPS) is 12.0. The van der Waals surface area contributed by atoms with Crippen LogP contribution in [0.1, 0.15) is 15.9 Å². The highest BCUT2D eigenvalue weighted by Gasteiger charge is 2.16. The first kappa shape index (κ1) is 16.4. The van der Waals surface area contributed by atoms with Crippen LogP contribution in [0.4, 0.5) is 0 Å². The molecule has 0 unspecified atom stereocenters. The highest BCUT2D eigenvalue weighted by atomic mass is 79.9. The average Bonchev–Trinajstić information content (AvgIpc) is 3.07. The summed E-state index contributed by atoms with van der Waals surface area (Å²) in [6, 6.07) is 8.88. The summed E-state index contributed by atoms with van der Waals surface area (Å²) < 4.78 is 21.8. The van der Waals surface area contributed by atoms with E-state index in [9.17, 15) is 4.79 Å². The lowest BCUT2D eigenvalue weighted by atomic mass is 10.1. The first-order valence-electron chi connectivity index (χ1n) is 7.20. The second-order valence-electron chi connectivity index (χ2n) is 5.07. The van der Waals surface area contributed by atoms with Gasteiger partial charge in [0, 0.05) is 12.1 Å². The molecule has 1 aliphatic rings. The molecule has 3 rings (SSSR count). The molecule has 1 aliphatic heterocycles. The van der Waals surface area contributed by atoms with E-state index in [1.165, 1.54) is 14.2 Å². The van der Waals surface area contributed by atoms with Gasteiger partial charge >= 0.3 is 0 Å². The molecule has 0 saturated carbocycles. The lowest BCUT2D eigenvalue weighted by Gasteiger charge is -2.12. The van der Waals surface area contributed by atoms with Gasteiger partial charge in [-0.1, -0.05) is 6.07 Å². The highest BCUT2D eigenvalue weighted by Crippen LogP contribution is 2.36. The Morgan fingerprint density at radius 2 is 1.79 bits per heavy atom. The molecule has 0 aliphatic carbocycles. The number of nitrogens with one attached hydrogen (secondary N) is 1. The summed E-state index contributed by atoms with van der Waals surface area (Å²) in [4.78, 5) is 12.4. The minimum Gasteiger partial charge on any atom is -0.495 e. The number of carbonyl (C=O) groups excluding carboxylic acids is 1. The molecule has 6 nitrogen and oxygen atoms in total. The highest BCUT2D eigenvalue weighted by molar-refractivity contribution is 9.10. The van der Waals surface area contributed by atoms with Gasteiger partial charge in [0.1, 0.15) is 16.0 Å². The second kappa shape index (κ2) is 7.00. The molecule has 2 aromatic carbocycles. The maximum atomic E-state index is 12.4. The summed E-state index contributed by atoms with van der Waals surface area (Å²) in [5, 5.41) is 2.87. The number of hydrogen-bond acceptors (Lipinski definition) is 5. The van der Waals surface area contributed by atoms with E-state index in [2.05, 4.69) is 21.2 Å². The lowest BCUT2D eigenvalue weighted by Crippen LogP contribution is -2.22. The monoisotopic (exact) mass is 393 g/mol. The van der Waals surface area contributed by atoms with Gasteiger partial charge in [-0.3, -0.25) is 4.79 Å². The standard InChI is InChI=1S/C17H16BrNO5/c1-21-14-6-11(7-15(22-2)16(14)18)17(20)19-8-10-3-4-12-13(5-10)24-9-23-12/h3-7H,8-9H2,1-2H3,(H,19,20). The quantitative estimate of drug-likeness (QED) is 0.844. The van der Waals surface area contributed by atoms with Crippen LogP contribution in [0.3, 0.4) is 0 Å². The Kier molecular flexibility index (Phi) is 4.80. The number of halogens is 1. The van der Waals surface area contributed by atoms with Crippen LogP contribution in [0.5, 0.6) is 23.0 Å². The Morgan fingerprint density at radius 3 is 2.46 bits per heavy atom. The molecule has 0 saturated heterocycles. The predicted octanol–water partition coefficient (Wildman–Crippen LogP) is 3.13. The van der Waals surface area contributed by atoms with E-state index in [1.807, 2.05) is 18.2 Å². The van der Waals surface area contributed by atoms with Crippen molar-refractivity contribution >= 4 is 21.8 Å². The summed E-state index contributed by atoms with van der Waals surface area (Å²) in [5.41, 5.74) is 1.37. The van der Waals surface area contributed by atoms with Crippen LogP contribution in [-0.4, -0.2) is 26.9 Å². The fourth-order valence-electron chi connectivity index (χ4n) is 2.34. The molecular weight excluding hydrogens is 378 g/mol. The summed E-state index contributed by atoms with van der Waals surface area (Å²) >= 11 is 3.38. The number of amides is 1. The Balaban J connectivity index is 1.73. The van der Waals surface area contributed by atoms with Crippen LogP contribution in [0.25, 0.3) is 0 Å². The number of methoxy groups -OCH3 is 2. The van der Waals surface area contributed by atoms with Crippen molar-refractivity contribution in [2.24, 2.45) is 0 Å². The van der Waals surface area contributed by atoms with Crippen molar-refractivity contribution in [3.63, 3.8) is 0 Å². The van der Waals surface area contributed by atoms with E-state index in [-0.39, 0.29) is 12.7 Å². The number of carbonyl (C=O) groups is 1. The summed E-state index contributed by atoms with van der Waals surface area (Å²) in [5.74, 6) is 2.24. The molecule has 0 aromatic heterocycles. The zero-order chi connectivity index (χ0) is 17.1. The maximum absolute atomic E-state index is 12.4. The van der Waals surface area contributed by atoms with E-state index >= 15 is 0 Å². The average molecular weight is 394 g/mol. The molecule has 1 heterocycles. The van der Waals surface area contributed by atoms with Crippen LogP contribution < -0.4 is 24.3 Å². The minimum atomic E-state index is -0.225. The lowest BCUT2D eigenvalue weighted by molar-refractivity contribution is 0.0950. The summed E-state index contributed by atoms with van der Waals surface area (Å²) in [6.45, 7) is 0.597. The van der Waals surface area contributed by atoms with E-state index in [0.717, 1.165) is 5.56 Å². The maximum Gasteiger partial charge on any atom is 0.251 e. The zero-order valence-electron chi connectivity index (χ0n) is 13.2. The van der Waals surface area contributed by atoms with Crippen LogP contribution in [-0.2, 0) is 6.54 Å². The molecule has 126 valence electrons. The van der Waals surface area contributed by atoms with Crippen LogP contribution in [0, 0.1) is 0 Å². The second-order valence-corrected chi connectivity index (χ2v) is 5.86. The number of rotatable bonds is 5. The van der Waals surface area contributed by atoms with Crippen molar-refractivity contribution in [1.29, 1.82) is 0 Å². The number of ether oxygens (including phenoxy) is 4. The summed E-state index contributed by atoms with van der Waals surface area (Å²) in [6.07, 6.45) is 0. The molecule has 0 fully saturated rings. The van der Waals surface area contributed by atoms with Crippen molar-refractivity contribution in [3.05, 3.63) is 45.9 Å². The molecule has 7 heteroatoms. The van der Waals surface area contributed by atoms with Crippen molar-refractivity contribution in [1.82, 2.24) is 5.32 Å². The molecule has 0 bridgehead atoms. The van der Waals surface area contributed by atoms with Gasteiger partial charge in [0.2, 0.25) is 6.79 Å². The van der Waals surface area contributed by atoms with Gasteiger partial charge in [0.15, 0.2) is 11.5 Å². The van der Waals surface area contributed by atoms with E-state index in [4.69, 9.17) is 18.9 Å². The van der Waals surface area contributed by atoms with Crippen LogP contribution >= 0.6 is 15.9 Å². The first-order chi connectivity index (χ1) is 11.6.